The van der Waals surface area contributed by atoms with E-state index in [1.807, 2.05) is 24.3 Å². The summed E-state index contributed by atoms with van der Waals surface area (Å²) >= 11 is 0. The number of hydrogen-bond acceptors (Lipinski definition) is 9. The third kappa shape index (κ3) is 5.88. The predicted octanol–water partition coefficient (Wildman–Crippen LogP) is 5.35. The summed E-state index contributed by atoms with van der Waals surface area (Å²) < 4.78 is 69.4. The molecule has 1 aromatic heterocycles. The minimum absolute atomic E-state index is 0.112. The lowest BCUT2D eigenvalue weighted by Crippen LogP contribution is -2.22. The molecule has 5 aromatic rings. The van der Waals surface area contributed by atoms with E-state index in [-0.39, 0.29) is 28.4 Å². The number of carbonyl (C=O) groups is 2. The number of para-hydroxylation sites is 2. The molecule has 0 aliphatic carbocycles. The number of ether oxygens (including phenoxy) is 4. The Morgan fingerprint density at radius 1 is 0.814 bits per heavy atom. The molecule has 1 amide bonds. The monoisotopic (exact) mass is 608 g/mol. The van der Waals surface area contributed by atoms with Gasteiger partial charge in [-0.25, -0.2) is 17.6 Å². The summed E-state index contributed by atoms with van der Waals surface area (Å²) in [5, 5.41) is 4.29. The molecule has 13 heteroatoms. The first kappa shape index (κ1) is 29.2. The molecule has 5 rings (SSSR count). The van der Waals surface area contributed by atoms with E-state index in [0.717, 1.165) is 29.0 Å². The lowest BCUT2D eigenvalue weighted by Gasteiger charge is -2.16. The fraction of sp³-hybridized carbons (Fsp3) is 0.133. The zero-order valence-electron chi connectivity index (χ0n) is 23.1. The van der Waals surface area contributed by atoms with Crippen molar-refractivity contribution < 1.29 is 45.8 Å². The Morgan fingerprint density at radius 3 is 2.26 bits per heavy atom. The summed E-state index contributed by atoms with van der Waals surface area (Å²) in [6.45, 7) is -0.740. The summed E-state index contributed by atoms with van der Waals surface area (Å²) in [4.78, 5) is 25.4. The van der Waals surface area contributed by atoms with E-state index in [4.69, 9.17) is 23.4 Å². The summed E-state index contributed by atoms with van der Waals surface area (Å²) in [5.41, 5.74) is 0.809. The van der Waals surface area contributed by atoms with E-state index in [9.17, 15) is 22.4 Å². The van der Waals surface area contributed by atoms with Gasteiger partial charge in [0.1, 0.15) is 28.3 Å². The molecule has 222 valence electrons. The molecular weight excluding hydrogens is 583 g/mol. The number of esters is 1. The summed E-state index contributed by atoms with van der Waals surface area (Å²) in [6, 6.07) is 18.0. The van der Waals surface area contributed by atoms with Crippen molar-refractivity contribution in [1.29, 1.82) is 0 Å². The number of amides is 1. The summed E-state index contributed by atoms with van der Waals surface area (Å²) in [5.74, 6) is -2.47. The number of rotatable bonds is 10. The summed E-state index contributed by atoms with van der Waals surface area (Å²) in [7, 11) is -0.460. The van der Waals surface area contributed by atoms with Gasteiger partial charge in [-0.05, 0) is 30.3 Å². The van der Waals surface area contributed by atoms with E-state index in [0.29, 0.717) is 16.9 Å². The number of halogens is 1. The highest BCUT2D eigenvalue weighted by Gasteiger charge is 2.26. The normalized spacial score (nSPS) is 11.3. The fourth-order valence-electron chi connectivity index (χ4n) is 4.41. The van der Waals surface area contributed by atoms with E-state index in [1.54, 1.807) is 12.1 Å². The molecular formula is C30H25FN2O9S. The Hall–Kier alpha value is -5.30. The van der Waals surface area contributed by atoms with Crippen molar-refractivity contribution in [2.45, 2.75) is 4.90 Å². The second-order valence-electron chi connectivity index (χ2n) is 9.06. The van der Waals surface area contributed by atoms with Crippen molar-refractivity contribution in [2.24, 2.45) is 0 Å². The van der Waals surface area contributed by atoms with Crippen LogP contribution in [-0.4, -0.2) is 48.2 Å². The number of hydrogen-bond donors (Lipinski definition) is 2. The third-order valence-electron chi connectivity index (χ3n) is 6.41. The predicted molar refractivity (Wildman–Crippen MR) is 156 cm³/mol. The number of anilines is 2. The number of sulfonamides is 1. The van der Waals surface area contributed by atoms with Gasteiger partial charge in [-0.2, -0.15) is 0 Å². The zero-order valence-corrected chi connectivity index (χ0v) is 23.9. The van der Waals surface area contributed by atoms with Gasteiger partial charge in [-0.1, -0.05) is 30.3 Å². The van der Waals surface area contributed by atoms with Gasteiger partial charge in [0.25, 0.3) is 15.9 Å². The van der Waals surface area contributed by atoms with Crippen molar-refractivity contribution in [2.75, 3.05) is 38.0 Å². The highest BCUT2D eigenvalue weighted by molar-refractivity contribution is 7.92. The second-order valence-corrected chi connectivity index (χ2v) is 10.7. The Labute approximate surface area is 245 Å². The van der Waals surface area contributed by atoms with Crippen LogP contribution in [0.15, 0.2) is 82.1 Å². The van der Waals surface area contributed by atoms with E-state index in [1.165, 1.54) is 39.5 Å². The van der Waals surface area contributed by atoms with Crippen LogP contribution in [-0.2, 0) is 19.6 Å². The number of methoxy groups -OCH3 is 3. The number of fused-ring (bicyclic) bond motifs is 3. The molecule has 0 fully saturated rings. The van der Waals surface area contributed by atoms with Gasteiger partial charge in [-0.15, -0.1) is 0 Å². The molecule has 11 nitrogen and oxygen atoms in total. The second kappa shape index (κ2) is 11.9. The van der Waals surface area contributed by atoms with Crippen molar-refractivity contribution in [3.8, 4) is 17.2 Å². The molecule has 0 radical (unpaired) electrons. The number of furan rings is 1. The number of nitrogens with one attached hydrogen (secondary N) is 2. The van der Waals surface area contributed by atoms with Crippen LogP contribution in [0.3, 0.4) is 0 Å². The Kier molecular flexibility index (Phi) is 8.08. The van der Waals surface area contributed by atoms with E-state index in [2.05, 4.69) is 10.0 Å². The van der Waals surface area contributed by atoms with Crippen molar-refractivity contribution in [3.05, 3.63) is 84.2 Å². The molecule has 1 heterocycles. The van der Waals surface area contributed by atoms with Crippen molar-refractivity contribution in [1.82, 2.24) is 0 Å². The topological polar surface area (TPSA) is 142 Å². The van der Waals surface area contributed by atoms with Crippen LogP contribution in [0.1, 0.15) is 10.4 Å². The Balaban J connectivity index is 1.37. The minimum Gasteiger partial charge on any atom is -0.495 e. The van der Waals surface area contributed by atoms with Crippen LogP contribution >= 0.6 is 0 Å². The zero-order chi connectivity index (χ0) is 30.7. The first-order valence-electron chi connectivity index (χ1n) is 12.6. The average molecular weight is 609 g/mol. The molecule has 0 saturated heterocycles. The fourth-order valence-corrected chi connectivity index (χ4v) is 5.51. The maximum atomic E-state index is 14.1. The first-order chi connectivity index (χ1) is 20.6. The molecule has 0 unspecified atom stereocenters. The lowest BCUT2D eigenvalue weighted by molar-refractivity contribution is -0.119. The summed E-state index contributed by atoms with van der Waals surface area (Å²) in [6.07, 6.45) is 0. The molecule has 0 spiro atoms. The Morgan fingerprint density at radius 2 is 1.53 bits per heavy atom. The third-order valence-corrected chi connectivity index (χ3v) is 7.75. The van der Waals surface area contributed by atoms with Gasteiger partial charge in [0.15, 0.2) is 18.1 Å². The van der Waals surface area contributed by atoms with Crippen LogP contribution in [0.5, 0.6) is 17.2 Å². The van der Waals surface area contributed by atoms with Crippen LogP contribution in [0.2, 0.25) is 0 Å². The highest BCUT2D eigenvalue weighted by Crippen LogP contribution is 2.37. The van der Waals surface area contributed by atoms with E-state index >= 15 is 0 Å². The van der Waals surface area contributed by atoms with Crippen molar-refractivity contribution in [3.63, 3.8) is 0 Å². The average Bonchev–Trinajstić information content (AvgIpc) is 3.36. The largest absolute Gasteiger partial charge is 0.495 e. The molecule has 0 saturated carbocycles. The molecule has 0 aliphatic heterocycles. The van der Waals surface area contributed by atoms with Gasteiger partial charge < -0.3 is 28.7 Å². The standard InChI is InChI=1S/C30H25FN2O9S/c1-38-26-14-19-18-8-4-7-11-24(18)42-25(19)15-23(26)32-28(34)16-41-30(35)20-12-17(13-27(39-2)29(20)40-3)43(36,37)33-22-10-6-5-9-21(22)31/h4-15,33H,16H2,1-3H3,(H,32,34). The Bertz CT molecular complexity index is 1970. The molecule has 2 N–H and O–H groups in total. The molecule has 0 aliphatic rings. The number of carbonyl (C=O) groups excluding carboxylic acids is 2. The maximum absolute atomic E-state index is 14.1. The number of benzene rings is 4. The lowest BCUT2D eigenvalue weighted by atomic mass is 10.1. The van der Waals surface area contributed by atoms with Crippen LogP contribution in [0, 0.1) is 5.82 Å². The highest BCUT2D eigenvalue weighted by atomic mass is 32.2. The van der Waals surface area contributed by atoms with Crippen molar-refractivity contribution >= 4 is 55.2 Å². The molecule has 0 bridgehead atoms. The minimum atomic E-state index is -4.39. The van der Waals surface area contributed by atoms with Gasteiger partial charge in [0.05, 0.1) is 37.6 Å². The quantitative estimate of drug-likeness (QED) is 0.201. The van der Waals surface area contributed by atoms with Gasteiger partial charge in [-0.3, -0.25) is 9.52 Å². The SMILES string of the molecule is COc1cc2c(cc1NC(=O)COC(=O)c1cc(S(=O)(=O)Nc3ccccc3F)cc(OC)c1OC)oc1ccccc12. The molecule has 0 atom stereocenters. The van der Waals surface area contributed by atoms with Gasteiger partial charge in [0, 0.05) is 22.9 Å². The van der Waals surface area contributed by atoms with Gasteiger partial charge in [0.2, 0.25) is 0 Å². The van der Waals surface area contributed by atoms with Crippen LogP contribution < -0.4 is 24.2 Å². The van der Waals surface area contributed by atoms with Crippen LogP contribution in [0.4, 0.5) is 15.8 Å². The van der Waals surface area contributed by atoms with Crippen LogP contribution in [0.25, 0.3) is 21.9 Å². The molecule has 43 heavy (non-hydrogen) atoms. The molecule has 4 aromatic carbocycles. The van der Waals surface area contributed by atoms with Gasteiger partial charge >= 0.3 is 5.97 Å². The first-order valence-corrected chi connectivity index (χ1v) is 14.1. The smallest absolute Gasteiger partial charge is 0.342 e. The maximum Gasteiger partial charge on any atom is 0.342 e. The van der Waals surface area contributed by atoms with E-state index < -0.39 is 39.2 Å².